The Morgan fingerprint density at radius 3 is 2.45 bits per heavy atom. The van der Waals surface area contributed by atoms with E-state index in [1.54, 1.807) is 0 Å². The van der Waals surface area contributed by atoms with Crippen LogP contribution in [0, 0.1) is 6.92 Å². The Hall–Kier alpha value is -1.28. The van der Waals surface area contributed by atoms with Crippen LogP contribution < -0.4 is 5.32 Å². The molecule has 0 bridgehead atoms. The molecular formula is C18H28N2. The highest BCUT2D eigenvalue weighted by atomic mass is 14.9. The largest absolute Gasteiger partial charge is 0.348 e. The number of benzene rings is 1. The molecule has 2 nitrogen and oxygen atoms in total. The van der Waals surface area contributed by atoms with Gasteiger partial charge < -0.3 is 9.88 Å². The van der Waals surface area contributed by atoms with Crippen LogP contribution in [0.2, 0.25) is 0 Å². The summed E-state index contributed by atoms with van der Waals surface area (Å²) in [6, 6.07) is 7.48. The first-order chi connectivity index (χ1) is 9.41. The molecule has 0 saturated carbocycles. The predicted molar refractivity (Wildman–Crippen MR) is 88.6 cm³/mol. The lowest BCUT2D eigenvalue weighted by Gasteiger charge is -2.09. The van der Waals surface area contributed by atoms with Gasteiger partial charge in [0.2, 0.25) is 0 Å². The van der Waals surface area contributed by atoms with Gasteiger partial charge in [0.25, 0.3) is 0 Å². The number of aromatic nitrogens is 1. The molecule has 2 heteroatoms. The first-order valence-electron chi connectivity index (χ1n) is 7.73. The summed E-state index contributed by atoms with van der Waals surface area (Å²) in [4.78, 5) is 0. The van der Waals surface area contributed by atoms with E-state index in [0.29, 0.717) is 12.0 Å². The van der Waals surface area contributed by atoms with Crippen molar-refractivity contribution in [3.8, 4) is 0 Å². The van der Waals surface area contributed by atoms with Gasteiger partial charge in [0.15, 0.2) is 0 Å². The number of rotatable bonds is 5. The van der Waals surface area contributed by atoms with Crippen LogP contribution in [-0.2, 0) is 13.5 Å². The Balaban J connectivity index is 2.40. The Morgan fingerprint density at radius 2 is 1.85 bits per heavy atom. The van der Waals surface area contributed by atoms with Gasteiger partial charge in [-0.3, -0.25) is 0 Å². The molecule has 0 amide bonds. The molecule has 20 heavy (non-hydrogen) atoms. The summed E-state index contributed by atoms with van der Waals surface area (Å²) in [5, 5.41) is 4.96. The topological polar surface area (TPSA) is 17.0 Å². The van der Waals surface area contributed by atoms with Gasteiger partial charge in [0.1, 0.15) is 0 Å². The lowest BCUT2D eigenvalue weighted by atomic mass is 9.99. The van der Waals surface area contributed by atoms with Gasteiger partial charge in [-0.05, 0) is 49.1 Å². The number of aryl methyl sites for hydroxylation is 1. The number of nitrogens with one attached hydrogen (secondary N) is 1. The molecule has 1 heterocycles. The third kappa shape index (κ3) is 2.90. The minimum Gasteiger partial charge on any atom is -0.348 e. The van der Waals surface area contributed by atoms with Crippen molar-refractivity contribution >= 4 is 10.9 Å². The maximum atomic E-state index is 3.52. The molecule has 0 radical (unpaired) electrons. The molecule has 1 N–H and O–H groups in total. The van der Waals surface area contributed by atoms with Crippen LogP contribution in [0.25, 0.3) is 10.9 Å². The molecular weight excluding hydrogens is 244 g/mol. The van der Waals surface area contributed by atoms with Gasteiger partial charge in [-0.15, -0.1) is 0 Å². The quantitative estimate of drug-likeness (QED) is 0.865. The highest BCUT2D eigenvalue weighted by Crippen LogP contribution is 2.28. The molecule has 0 aliphatic rings. The van der Waals surface area contributed by atoms with Gasteiger partial charge in [-0.2, -0.15) is 0 Å². The van der Waals surface area contributed by atoms with E-state index >= 15 is 0 Å². The van der Waals surface area contributed by atoms with E-state index < -0.39 is 0 Å². The van der Waals surface area contributed by atoms with Crippen LogP contribution >= 0.6 is 0 Å². The highest BCUT2D eigenvalue weighted by molar-refractivity contribution is 5.86. The van der Waals surface area contributed by atoms with Crippen LogP contribution in [0.15, 0.2) is 18.2 Å². The second-order valence-corrected chi connectivity index (χ2v) is 6.41. The Bertz CT molecular complexity index is 591. The van der Waals surface area contributed by atoms with Gasteiger partial charge in [-0.1, -0.05) is 33.8 Å². The maximum absolute atomic E-state index is 3.52. The SMILES string of the molecule is Cc1c(CCNC(C)C)c2cc(C(C)C)ccc2n1C. The fraction of sp³-hybridized carbons (Fsp3) is 0.556. The van der Waals surface area contributed by atoms with E-state index in [9.17, 15) is 0 Å². The minimum atomic E-state index is 0.552. The summed E-state index contributed by atoms with van der Waals surface area (Å²) in [5.41, 5.74) is 5.68. The van der Waals surface area contributed by atoms with Crippen molar-refractivity contribution in [1.29, 1.82) is 0 Å². The summed E-state index contributed by atoms with van der Waals surface area (Å²) < 4.78 is 2.32. The minimum absolute atomic E-state index is 0.552. The molecule has 2 aromatic rings. The number of hydrogen-bond donors (Lipinski definition) is 1. The first kappa shape index (κ1) is 15.1. The molecule has 110 valence electrons. The third-order valence-corrected chi connectivity index (χ3v) is 4.24. The maximum Gasteiger partial charge on any atom is 0.0482 e. The summed E-state index contributed by atoms with van der Waals surface area (Å²) in [5.74, 6) is 0.585. The lowest BCUT2D eigenvalue weighted by Crippen LogP contribution is -2.25. The van der Waals surface area contributed by atoms with Crippen LogP contribution in [0.4, 0.5) is 0 Å². The fourth-order valence-corrected chi connectivity index (χ4v) is 2.83. The zero-order chi connectivity index (χ0) is 14.9. The van der Waals surface area contributed by atoms with Crippen molar-refractivity contribution in [2.45, 2.75) is 53.0 Å². The molecule has 0 atom stereocenters. The van der Waals surface area contributed by atoms with E-state index in [1.165, 1.54) is 27.7 Å². The van der Waals surface area contributed by atoms with Crippen LogP contribution in [0.5, 0.6) is 0 Å². The Morgan fingerprint density at radius 1 is 1.15 bits per heavy atom. The van der Waals surface area contributed by atoms with Crippen LogP contribution in [-0.4, -0.2) is 17.2 Å². The van der Waals surface area contributed by atoms with E-state index in [4.69, 9.17) is 0 Å². The van der Waals surface area contributed by atoms with Gasteiger partial charge >= 0.3 is 0 Å². The zero-order valence-electron chi connectivity index (χ0n) is 13.7. The van der Waals surface area contributed by atoms with E-state index in [1.807, 2.05) is 0 Å². The average Bonchev–Trinajstić information content (AvgIpc) is 2.63. The predicted octanol–water partition coefficient (Wildman–Crippen LogP) is 4.15. The van der Waals surface area contributed by atoms with Crippen molar-refractivity contribution in [2.24, 2.45) is 7.05 Å². The number of nitrogens with zero attached hydrogens (tertiary/aromatic N) is 1. The number of hydrogen-bond acceptors (Lipinski definition) is 1. The third-order valence-electron chi connectivity index (χ3n) is 4.24. The summed E-state index contributed by atoms with van der Waals surface area (Å²) in [6.07, 6.45) is 1.10. The second-order valence-electron chi connectivity index (χ2n) is 6.41. The van der Waals surface area contributed by atoms with Crippen molar-refractivity contribution in [3.05, 3.63) is 35.0 Å². The molecule has 0 aliphatic heterocycles. The molecule has 2 rings (SSSR count). The Kier molecular flexibility index (Phi) is 4.54. The average molecular weight is 272 g/mol. The van der Waals surface area contributed by atoms with Crippen LogP contribution in [0.3, 0.4) is 0 Å². The number of fused-ring (bicyclic) bond motifs is 1. The molecule has 0 fully saturated rings. The molecule has 1 aromatic carbocycles. The Labute approximate surface area is 123 Å². The summed E-state index contributed by atoms with van der Waals surface area (Å²) >= 11 is 0. The lowest BCUT2D eigenvalue weighted by molar-refractivity contribution is 0.590. The van der Waals surface area contributed by atoms with Crippen LogP contribution in [0.1, 0.15) is 50.4 Å². The molecule has 0 unspecified atom stereocenters. The molecule has 1 aromatic heterocycles. The summed E-state index contributed by atoms with van der Waals surface area (Å²) in [6.45, 7) is 12.2. The van der Waals surface area contributed by atoms with Gasteiger partial charge in [0, 0.05) is 29.7 Å². The highest BCUT2D eigenvalue weighted by Gasteiger charge is 2.13. The van der Waals surface area contributed by atoms with E-state index in [2.05, 4.69) is 69.7 Å². The van der Waals surface area contributed by atoms with Crippen molar-refractivity contribution in [3.63, 3.8) is 0 Å². The van der Waals surface area contributed by atoms with E-state index in [0.717, 1.165) is 13.0 Å². The van der Waals surface area contributed by atoms with E-state index in [-0.39, 0.29) is 0 Å². The summed E-state index contributed by atoms with van der Waals surface area (Å²) in [7, 11) is 2.17. The standard InChI is InChI=1S/C18H28N2/c1-12(2)15-7-8-18-17(11-15)16(14(5)20(18)6)9-10-19-13(3)4/h7-8,11-13,19H,9-10H2,1-6H3. The second kappa shape index (κ2) is 6.01. The van der Waals surface area contributed by atoms with Crippen molar-refractivity contribution < 1.29 is 0 Å². The molecule has 0 spiro atoms. The van der Waals surface area contributed by atoms with Crippen molar-refractivity contribution in [1.82, 2.24) is 9.88 Å². The first-order valence-corrected chi connectivity index (χ1v) is 7.73. The molecule has 0 saturated heterocycles. The van der Waals surface area contributed by atoms with Gasteiger partial charge in [0.05, 0.1) is 0 Å². The monoisotopic (exact) mass is 272 g/mol. The molecule has 0 aliphatic carbocycles. The fourth-order valence-electron chi connectivity index (χ4n) is 2.83. The van der Waals surface area contributed by atoms with Gasteiger partial charge in [-0.25, -0.2) is 0 Å². The zero-order valence-corrected chi connectivity index (χ0v) is 13.7. The normalized spacial score (nSPS) is 12.0. The smallest absolute Gasteiger partial charge is 0.0482 e. The van der Waals surface area contributed by atoms with Crippen molar-refractivity contribution in [2.75, 3.05) is 6.54 Å².